The molecular weight excluding hydrogens is 859 g/mol. The zero-order valence-electron chi connectivity index (χ0n) is 37.7. The molecule has 2 bridgehead atoms. The second-order valence-electron chi connectivity index (χ2n) is 18.9. The lowest BCUT2D eigenvalue weighted by atomic mass is 9.43. The fourth-order valence-electron chi connectivity index (χ4n) is 10.3. The van der Waals surface area contributed by atoms with Crippen LogP contribution in [-0.2, 0) is 34.9 Å². The van der Waals surface area contributed by atoms with Crippen LogP contribution in [0.15, 0.2) is 18.2 Å². The van der Waals surface area contributed by atoms with Gasteiger partial charge in [0.2, 0.25) is 5.91 Å². The number of amides is 5. The molecule has 6 aliphatic rings. The second-order valence-corrected chi connectivity index (χ2v) is 19.3. The average Bonchev–Trinajstić information content (AvgIpc) is 3.61. The predicted octanol–water partition coefficient (Wildman–Crippen LogP) is 4.77. The molecule has 3 aliphatic carbocycles. The van der Waals surface area contributed by atoms with E-state index in [1.54, 1.807) is 20.8 Å². The maximum Gasteiger partial charge on any atom is 0.482 e. The molecule has 0 radical (unpaired) electrons. The number of nitrogens with zero attached hydrogens (tertiary/aromatic N) is 2. The fourth-order valence-corrected chi connectivity index (χ4v) is 10.6. The van der Waals surface area contributed by atoms with Crippen LogP contribution in [0.1, 0.15) is 94.8 Å². The largest absolute Gasteiger partial charge is 0.495 e. The third-order valence-corrected chi connectivity index (χ3v) is 14.1. The molecule has 3 saturated carbocycles. The molecule has 6 fully saturated rings. The SMILES string of the molecule is COc1c(F)cc(C(NC(=O)N2CCN(C3CCNCC3)C(=O)C2=O)C(=O)N[C@@H](Cc2ccc(F)c(C(=O)OC(C)(C)C)c2OC)B2O[C@@H]3C[C@@H]4C[C@@H](C4(C)C)[C@]3(C)O2)c(Cl)c1OC. The number of nitrogens with one attached hydrogen (secondary N) is 3. The zero-order chi connectivity index (χ0) is 46.6. The number of benzene rings is 2. The lowest BCUT2D eigenvalue weighted by Crippen LogP contribution is -2.65. The minimum atomic E-state index is -1.85. The number of carbonyl (C=O) groups is 5. The van der Waals surface area contributed by atoms with E-state index in [1.165, 1.54) is 32.3 Å². The van der Waals surface area contributed by atoms with Crippen molar-refractivity contribution in [2.45, 2.75) is 109 Å². The van der Waals surface area contributed by atoms with Crippen LogP contribution in [0.3, 0.4) is 0 Å². The first kappa shape index (κ1) is 47.3. The Morgan fingerprint density at radius 1 is 0.953 bits per heavy atom. The van der Waals surface area contributed by atoms with Crippen molar-refractivity contribution in [2.24, 2.45) is 17.3 Å². The van der Waals surface area contributed by atoms with Crippen LogP contribution in [0, 0.1) is 28.9 Å². The van der Waals surface area contributed by atoms with Crippen molar-refractivity contribution in [1.82, 2.24) is 25.8 Å². The van der Waals surface area contributed by atoms with Gasteiger partial charge in [0.05, 0.1) is 44.0 Å². The average molecular weight is 916 g/mol. The summed E-state index contributed by atoms with van der Waals surface area (Å²) in [4.78, 5) is 71.7. The molecule has 0 aromatic heterocycles. The van der Waals surface area contributed by atoms with Crippen molar-refractivity contribution >= 4 is 48.4 Å². The number of ether oxygens (including phenoxy) is 4. The topological polar surface area (TPSA) is 183 Å². The summed E-state index contributed by atoms with van der Waals surface area (Å²) in [5, 5.41) is 8.37. The second kappa shape index (κ2) is 17.9. The Balaban J connectivity index is 1.26. The van der Waals surface area contributed by atoms with Crippen molar-refractivity contribution < 1.29 is 61.0 Å². The van der Waals surface area contributed by atoms with Crippen LogP contribution in [0.5, 0.6) is 17.2 Å². The number of urea groups is 1. The van der Waals surface area contributed by atoms with Crippen LogP contribution in [-0.4, -0.2) is 123 Å². The van der Waals surface area contributed by atoms with Crippen molar-refractivity contribution in [1.29, 1.82) is 0 Å². The van der Waals surface area contributed by atoms with Crippen LogP contribution in [0.2, 0.25) is 5.02 Å². The number of imide groups is 1. The number of rotatable bonds is 12. The van der Waals surface area contributed by atoms with Gasteiger partial charge in [0.25, 0.3) is 0 Å². The number of carbonyl (C=O) groups excluding carboxylic acids is 5. The molecule has 2 aromatic rings. The van der Waals surface area contributed by atoms with Gasteiger partial charge in [-0.15, -0.1) is 0 Å². The van der Waals surface area contributed by atoms with Crippen molar-refractivity contribution in [3.8, 4) is 17.2 Å². The van der Waals surface area contributed by atoms with Gasteiger partial charge in [-0.25, -0.2) is 18.4 Å². The molecule has 3 aliphatic heterocycles. The standard InChI is InChI=1S/C44H57BClF2N5O11/c1-42(2,3)62-40(57)31-26(47)11-10-22(34(31)59-7)18-30(45-63-29-20-23-19-28(43(23,4)5)44(29,6)64-45)50-37(54)33(25-21-27(48)35(60-8)36(61-9)32(25)46)51-41(58)53-17-16-52(38(55)39(53)56)24-12-14-49-15-13-24/h10-11,21,23-24,28-30,33,49H,12-20H2,1-9H3,(H,50,54)(H,51,58)/t23-,28-,29+,30-,33?,44-/m0/s1. The summed E-state index contributed by atoms with van der Waals surface area (Å²) >= 11 is 6.82. The molecule has 2 aromatic carbocycles. The van der Waals surface area contributed by atoms with Gasteiger partial charge in [0.15, 0.2) is 17.3 Å². The highest BCUT2D eigenvalue weighted by Crippen LogP contribution is 2.66. The Morgan fingerprint density at radius 2 is 1.62 bits per heavy atom. The van der Waals surface area contributed by atoms with Gasteiger partial charge in [0, 0.05) is 24.7 Å². The molecule has 1 unspecified atom stereocenters. The predicted molar refractivity (Wildman–Crippen MR) is 229 cm³/mol. The monoisotopic (exact) mass is 915 g/mol. The molecule has 6 atom stereocenters. The number of esters is 1. The summed E-state index contributed by atoms with van der Waals surface area (Å²) in [6.07, 6.45) is 2.34. The van der Waals surface area contributed by atoms with Gasteiger partial charge in [-0.3, -0.25) is 19.3 Å². The van der Waals surface area contributed by atoms with E-state index in [4.69, 9.17) is 39.9 Å². The van der Waals surface area contributed by atoms with Gasteiger partial charge >= 0.3 is 30.9 Å². The van der Waals surface area contributed by atoms with E-state index in [9.17, 15) is 19.2 Å². The molecule has 8 rings (SSSR count). The summed E-state index contributed by atoms with van der Waals surface area (Å²) < 4.78 is 66.6. The molecule has 5 amide bonds. The Kier molecular flexibility index (Phi) is 13.2. The molecular formula is C44H57BClF2N5O11. The molecule has 0 spiro atoms. The number of piperidine rings is 1. The number of hydrogen-bond donors (Lipinski definition) is 3. The van der Waals surface area contributed by atoms with Gasteiger partial charge in [0.1, 0.15) is 28.8 Å². The first-order valence-electron chi connectivity index (χ1n) is 21.6. The van der Waals surface area contributed by atoms with Crippen LogP contribution in [0.25, 0.3) is 0 Å². The molecule has 348 valence electrons. The molecule has 3 heterocycles. The van der Waals surface area contributed by atoms with Crippen LogP contribution in [0.4, 0.5) is 13.6 Å². The van der Waals surface area contributed by atoms with Gasteiger partial charge in [-0.2, -0.15) is 0 Å². The number of hydrogen-bond acceptors (Lipinski definition) is 12. The Labute approximate surface area is 376 Å². The highest BCUT2D eigenvalue weighted by molar-refractivity contribution is 6.48. The summed E-state index contributed by atoms with van der Waals surface area (Å²) in [6, 6.07) is 0.229. The van der Waals surface area contributed by atoms with Crippen molar-refractivity contribution in [3.63, 3.8) is 0 Å². The summed E-state index contributed by atoms with van der Waals surface area (Å²) in [5.41, 5.74) is -2.28. The van der Waals surface area contributed by atoms with Crippen LogP contribution >= 0.6 is 11.6 Å². The lowest BCUT2D eigenvalue weighted by molar-refractivity contribution is -0.199. The van der Waals surface area contributed by atoms with Crippen LogP contribution < -0.4 is 30.2 Å². The number of piperazine rings is 1. The summed E-state index contributed by atoms with van der Waals surface area (Å²) in [6.45, 7) is 12.5. The van der Waals surface area contributed by atoms with E-state index in [0.717, 1.165) is 18.6 Å². The lowest BCUT2D eigenvalue weighted by Gasteiger charge is -2.64. The van der Waals surface area contributed by atoms with E-state index in [1.807, 2.05) is 6.92 Å². The summed E-state index contributed by atoms with van der Waals surface area (Å²) in [5.74, 6) is -7.27. The smallest absolute Gasteiger partial charge is 0.482 e. The maximum absolute atomic E-state index is 15.8. The summed E-state index contributed by atoms with van der Waals surface area (Å²) in [7, 11) is 2.53. The minimum absolute atomic E-state index is 0.0493. The van der Waals surface area contributed by atoms with Gasteiger partial charge < -0.3 is 49.1 Å². The zero-order valence-corrected chi connectivity index (χ0v) is 38.4. The normalized spacial score (nSPS) is 25.2. The third-order valence-electron chi connectivity index (χ3n) is 13.7. The van der Waals surface area contributed by atoms with Gasteiger partial charge in [-0.1, -0.05) is 31.5 Å². The first-order valence-corrected chi connectivity index (χ1v) is 22.0. The number of methoxy groups -OCH3 is 3. The van der Waals surface area contributed by atoms with E-state index >= 15 is 13.6 Å². The Hall–Kier alpha value is -4.72. The van der Waals surface area contributed by atoms with Crippen molar-refractivity contribution in [2.75, 3.05) is 47.5 Å². The fraction of sp³-hybridized carbons (Fsp3) is 0.614. The third kappa shape index (κ3) is 8.60. The van der Waals surface area contributed by atoms with Crippen molar-refractivity contribution in [3.05, 3.63) is 51.5 Å². The van der Waals surface area contributed by atoms with E-state index in [2.05, 4.69) is 29.8 Å². The molecule has 16 nitrogen and oxygen atoms in total. The highest BCUT2D eigenvalue weighted by Gasteiger charge is 2.68. The molecule has 3 N–H and O–H groups in total. The van der Waals surface area contributed by atoms with E-state index in [-0.39, 0.29) is 76.4 Å². The molecule has 64 heavy (non-hydrogen) atoms. The minimum Gasteiger partial charge on any atom is -0.495 e. The molecule has 3 saturated heterocycles. The van der Waals surface area contributed by atoms with Gasteiger partial charge in [-0.05, 0) is 108 Å². The number of halogens is 3. The first-order chi connectivity index (χ1) is 30.1. The quantitative estimate of drug-likeness (QED) is 0.151. The maximum atomic E-state index is 15.8. The molecule has 20 heteroatoms. The Bertz CT molecular complexity index is 2210. The highest BCUT2D eigenvalue weighted by atomic mass is 35.5. The Morgan fingerprint density at radius 3 is 2.25 bits per heavy atom. The van der Waals surface area contributed by atoms with E-state index in [0.29, 0.717) is 43.2 Å². The van der Waals surface area contributed by atoms with E-state index < -0.39 is 77.2 Å².